The molecular weight excluding hydrogens is 178 g/mol. The first-order chi connectivity index (χ1) is 6.65. The molecule has 0 aromatic rings. The van der Waals surface area contributed by atoms with Gasteiger partial charge < -0.3 is 10.1 Å². The van der Waals surface area contributed by atoms with Crippen LogP contribution in [0.4, 0.5) is 0 Å². The van der Waals surface area contributed by atoms with Crippen molar-refractivity contribution in [2.24, 2.45) is 0 Å². The minimum absolute atomic E-state index is 0.384. The van der Waals surface area contributed by atoms with Gasteiger partial charge in [0.25, 0.3) is 0 Å². The molecule has 0 rings (SSSR count). The summed E-state index contributed by atoms with van der Waals surface area (Å²) in [6.07, 6.45) is 3.96. The summed E-state index contributed by atoms with van der Waals surface area (Å²) in [4.78, 5) is 11.1. The molecule has 0 amide bonds. The molecule has 0 aliphatic heterocycles. The Balaban J connectivity index is 4.36. The molecule has 3 heteroatoms. The number of hydrogen-bond donors (Lipinski definition) is 1. The Hall–Kier alpha value is -1.35. The van der Waals surface area contributed by atoms with E-state index in [9.17, 15) is 4.79 Å². The van der Waals surface area contributed by atoms with Crippen LogP contribution in [0.25, 0.3) is 0 Å². The van der Waals surface area contributed by atoms with Crippen molar-refractivity contribution >= 4 is 5.97 Å². The summed E-state index contributed by atoms with van der Waals surface area (Å²) in [6, 6.07) is 0. The molecule has 0 unspecified atom stereocenters. The number of carbonyl (C=O) groups excluding carboxylic acids is 1. The van der Waals surface area contributed by atoms with E-state index >= 15 is 0 Å². The molecule has 0 heterocycles. The van der Waals surface area contributed by atoms with E-state index in [1.165, 1.54) is 13.2 Å². The zero-order chi connectivity index (χ0) is 11.0. The van der Waals surface area contributed by atoms with E-state index in [0.29, 0.717) is 5.57 Å². The first-order valence-corrected chi connectivity index (χ1v) is 4.40. The lowest BCUT2D eigenvalue weighted by Crippen LogP contribution is -2.08. The van der Waals surface area contributed by atoms with Crippen LogP contribution in [0.1, 0.15) is 6.42 Å². The number of hydrogen-bond acceptors (Lipinski definition) is 3. The SMILES string of the molecule is C=C/C(=C\C(=C)CCNC)C(=O)OC. The molecule has 0 saturated carbocycles. The van der Waals surface area contributed by atoms with Crippen LogP contribution in [0.3, 0.4) is 0 Å². The molecule has 0 radical (unpaired) electrons. The Morgan fingerprint density at radius 1 is 1.57 bits per heavy atom. The van der Waals surface area contributed by atoms with E-state index in [1.807, 2.05) is 7.05 Å². The largest absolute Gasteiger partial charge is 0.465 e. The molecule has 0 spiro atoms. The van der Waals surface area contributed by atoms with Gasteiger partial charge in [-0.2, -0.15) is 0 Å². The Kier molecular flexibility index (Phi) is 6.41. The third-order valence-electron chi connectivity index (χ3n) is 1.70. The van der Waals surface area contributed by atoms with Crippen molar-refractivity contribution in [3.8, 4) is 0 Å². The first kappa shape index (κ1) is 12.7. The Labute approximate surface area is 85.1 Å². The van der Waals surface area contributed by atoms with Crippen molar-refractivity contribution in [3.05, 3.63) is 36.5 Å². The number of esters is 1. The van der Waals surface area contributed by atoms with Crippen LogP contribution in [0.2, 0.25) is 0 Å². The molecule has 14 heavy (non-hydrogen) atoms. The van der Waals surface area contributed by atoms with E-state index in [2.05, 4.69) is 23.2 Å². The second kappa shape index (κ2) is 7.09. The van der Waals surface area contributed by atoms with Crippen LogP contribution in [-0.4, -0.2) is 26.7 Å². The third-order valence-corrected chi connectivity index (χ3v) is 1.70. The zero-order valence-corrected chi connectivity index (χ0v) is 8.80. The van der Waals surface area contributed by atoms with E-state index < -0.39 is 0 Å². The number of nitrogens with one attached hydrogen (secondary N) is 1. The number of methoxy groups -OCH3 is 1. The van der Waals surface area contributed by atoms with Gasteiger partial charge in [-0.15, -0.1) is 0 Å². The molecule has 0 aromatic carbocycles. The highest BCUT2D eigenvalue weighted by Crippen LogP contribution is 2.06. The topological polar surface area (TPSA) is 38.3 Å². The maximum atomic E-state index is 11.1. The molecule has 78 valence electrons. The molecule has 0 atom stereocenters. The molecule has 0 aromatic heterocycles. The smallest absolute Gasteiger partial charge is 0.337 e. The van der Waals surface area contributed by atoms with Gasteiger partial charge in [0, 0.05) is 0 Å². The quantitative estimate of drug-likeness (QED) is 0.396. The lowest BCUT2D eigenvalue weighted by molar-refractivity contribution is -0.135. The Bertz CT molecular complexity index is 254. The highest BCUT2D eigenvalue weighted by molar-refractivity contribution is 5.91. The summed E-state index contributed by atoms with van der Waals surface area (Å²) in [5.41, 5.74) is 1.31. The molecule has 1 N–H and O–H groups in total. The lowest BCUT2D eigenvalue weighted by Gasteiger charge is -2.02. The number of allylic oxidation sites excluding steroid dienone is 1. The predicted octanol–water partition coefficient (Wildman–Crippen LogP) is 1.44. The molecule has 0 aliphatic carbocycles. The predicted molar refractivity (Wildman–Crippen MR) is 58.0 cm³/mol. The maximum Gasteiger partial charge on any atom is 0.337 e. The van der Waals surface area contributed by atoms with E-state index in [-0.39, 0.29) is 5.97 Å². The summed E-state index contributed by atoms with van der Waals surface area (Å²) >= 11 is 0. The molecule has 0 bridgehead atoms. The van der Waals surface area contributed by atoms with Gasteiger partial charge in [0.2, 0.25) is 0 Å². The van der Waals surface area contributed by atoms with Crippen LogP contribution < -0.4 is 5.32 Å². The number of ether oxygens (including phenoxy) is 1. The van der Waals surface area contributed by atoms with Gasteiger partial charge in [0.15, 0.2) is 0 Å². The van der Waals surface area contributed by atoms with Crippen molar-refractivity contribution in [2.75, 3.05) is 20.7 Å². The molecule has 0 fully saturated rings. The third kappa shape index (κ3) is 4.62. The standard InChI is InChI=1S/C11H17NO2/c1-5-10(11(13)14-4)8-9(2)6-7-12-3/h5,8,12H,1-2,6-7H2,3-4H3/b10-8+. The summed E-state index contributed by atoms with van der Waals surface area (Å²) < 4.78 is 4.57. The highest BCUT2D eigenvalue weighted by Gasteiger charge is 2.04. The van der Waals surface area contributed by atoms with Gasteiger partial charge in [0.05, 0.1) is 12.7 Å². The summed E-state index contributed by atoms with van der Waals surface area (Å²) in [7, 11) is 3.21. The molecule has 0 saturated heterocycles. The van der Waals surface area contributed by atoms with Crippen LogP contribution in [-0.2, 0) is 9.53 Å². The van der Waals surface area contributed by atoms with Crippen molar-refractivity contribution in [2.45, 2.75) is 6.42 Å². The fourth-order valence-electron chi connectivity index (χ4n) is 0.897. The van der Waals surface area contributed by atoms with Gasteiger partial charge in [-0.05, 0) is 26.1 Å². The lowest BCUT2D eigenvalue weighted by atomic mass is 10.1. The van der Waals surface area contributed by atoms with Crippen molar-refractivity contribution in [3.63, 3.8) is 0 Å². The van der Waals surface area contributed by atoms with Crippen LogP contribution in [0.5, 0.6) is 0 Å². The van der Waals surface area contributed by atoms with Crippen molar-refractivity contribution in [1.29, 1.82) is 0 Å². The first-order valence-electron chi connectivity index (χ1n) is 4.40. The normalized spacial score (nSPS) is 10.9. The van der Waals surface area contributed by atoms with Gasteiger partial charge in [-0.3, -0.25) is 0 Å². The molecular formula is C11H17NO2. The second-order valence-electron chi connectivity index (χ2n) is 2.81. The fraction of sp³-hybridized carbons (Fsp3) is 0.364. The average molecular weight is 195 g/mol. The summed E-state index contributed by atoms with van der Waals surface area (Å²) in [5.74, 6) is -0.384. The minimum Gasteiger partial charge on any atom is -0.465 e. The van der Waals surface area contributed by atoms with Crippen LogP contribution >= 0.6 is 0 Å². The van der Waals surface area contributed by atoms with Crippen LogP contribution in [0, 0.1) is 0 Å². The highest BCUT2D eigenvalue weighted by atomic mass is 16.5. The molecule has 0 aliphatic rings. The number of carbonyl (C=O) groups is 1. The van der Waals surface area contributed by atoms with Crippen molar-refractivity contribution < 1.29 is 9.53 Å². The van der Waals surface area contributed by atoms with Crippen molar-refractivity contribution in [1.82, 2.24) is 5.32 Å². The molecule has 3 nitrogen and oxygen atoms in total. The van der Waals surface area contributed by atoms with E-state index in [0.717, 1.165) is 18.5 Å². The summed E-state index contributed by atoms with van der Waals surface area (Å²) in [5, 5.41) is 3.00. The zero-order valence-electron chi connectivity index (χ0n) is 8.80. The Morgan fingerprint density at radius 3 is 2.64 bits per heavy atom. The van der Waals surface area contributed by atoms with E-state index in [4.69, 9.17) is 0 Å². The van der Waals surface area contributed by atoms with Gasteiger partial charge >= 0.3 is 5.97 Å². The monoisotopic (exact) mass is 195 g/mol. The average Bonchev–Trinajstić information content (AvgIpc) is 2.21. The summed E-state index contributed by atoms with van der Waals surface area (Å²) in [6.45, 7) is 8.20. The second-order valence-corrected chi connectivity index (χ2v) is 2.81. The number of rotatable bonds is 6. The Morgan fingerprint density at radius 2 is 2.21 bits per heavy atom. The fourth-order valence-corrected chi connectivity index (χ4v) is 0.897. The minimum atomic E-state index is -0.384. The van der Waals surface area contributed by atoms with Gasteiger partial charge in [-0.1, -0.05) is 24.8 Å². The van der Waals surface area contributed by atoms with E-state index in [1.54, 1.807) is 6.08 Å². The van der Waals surface area contributed by atoms with Gasteiger partial charge in [0.1, 0.15) is 0 Å². The van der Waals surface area contributed by atoms with Crippen LogP contribution in [0.15, 0.2) is 36.5 Å². The van der Waals surface area contributed by atoms with Gasteiger partial charge in [-0.25, -0.2) is 4.79 Å². The maximum absolute atomic E-state index is 11.1.